The predicted molar refractivity (Wildman–Crippen MR) is 94.4 cm³/mol. The van der Waals surface area contributed by atoms with Crippen molar-refractivity contribution in [2.75, 3.05) is 11.9 Å². The largest absolute Gasteiger partial charge is 0.494 e. The van der Waals surface area contributed by atoms with Crippen LogP contribution in [0, 0.1) is 3.57 Å². The third kappa shape index (κ3) is 5.23. The Hall–Kier alpha value is -1.82. The molecule has 0 unspecified atom stereocenters. The van der Waals surface area contributed by atoms with Crippen molar-refractivity contribution in [3.63, 3.8) is 0 Å². The lowest BCUT2D eigenvalue weighted by atomic mass is 10.2. The lowest BCUT2D eigenvalue weighted by Crippen LogP contribution is -2.07. The van der Waals surface area contributed by atoms with E-state index in [1.165, 1.54) is 6.08 Å². The molecule has 108 valence electrons. The zero-order valence-corrected chi connectivity index (χ0v) is 13.8. The number of ether oxygens (including phenoxy) is 1. The van der Waals surface area contributed by atoms with Crippen molar-refractivity contribution in [2.45, 2.75) is 6.92 Å². The Balaban J connectivity index is 1.93. The van der Waals surface area contributed by atoms with Gasteiger partial charge in [-0.3, -0.25) is 4.79 Å². The Morgan fingerprint density at radius 1 is 1.14 bits per heavy atom. The maximum Gasteiger partial charge on any atom is 0.248 e. The molecule has 4 heteroatoms. The number of halogens is 1. The van der Waals surface area contributed by atoms with E-state index < -0.39 is 0 Å². The summed E-state index contributed by atoms with van der Waals surface area (Å²) < 4.78 is 6.51. The van der Waals surface area contributed by atoms with Gasteiger partial charge in [-0.25, -0.2) is 0 Å². The van der Waals surface area contributed by atoms with Crippen LogP contribution in [0.15, 0.2) is 54.6 Å². The summed E-state index contributed by atoms with van der Waals surface area (Å²) in [5.74, 6) is 0.683. The van der Waals surface area contributed by atoms with E-state index in [1.807, 2.05) is 55.5 Å². The van der Waals surface area contributed by atoms with E-state index in [2.05, 4.69) is 27.9 Å². The van der Waals surface area contributed by atoms with Crippen molar-refractivity contribution in [3.8, 4) is 5.75 Å². The summed E-state index contributed by atoms with van der Waals surface area (Å²) in [4.78, 5) is 11.8. The van der Waals surface area contributed by atoms with Crippen molar-refractivity contribution >= 4 is 40.3 Å². The average molecular weight is 393 g/mol. The van der Waals surface area contributed by atoms with Gasteiger partial charge in [0.1, 0.15) is 5.75 Å². The Morgan fingerprint density at radius 3 is 2.43 bits per heavy atom. The zero-order valence-electron chi connectivity index (χ0n) is 11.7. The number of carbonyl (C=O) groups is 1. The van der Waals surface area contributed by atoms with Crippen LogP contribution in [0.3, 0.4) is 0 Å². The minimum atomic E-state index is -0.148. The second-order valence-corrected chi connectivity index (χ2v) is 5.58. The molecule has 0 aliphatic rings. The molecule has 0 heterocycles. The Kier molecular flexibility index (Phi) is 5.80. The number of benzene rings is 2. The van der Waals surface area contributed by atoms with Gasteiger partial charge in [0.05, 0.1) is 6.61 Å². The number of hydrogen-bond donors (Lipinski definition) is 1. The molecule has 0 radical (unpaired) electrons. The standard InChI is InChI=1S/C17H16INO2/c1-2-21-16-10-3-13(4-11-16)5-12-17(20)19-15-8-6-14(18)7-9-15/h3-12H,2H2,1H3,(H,19,20)/b12-5+. The number of carbonyl (C=O) groups excluding carboxylic acids is 1. The van der Waals surface area contributed by atoms with Gasteiger partial charge in [-0.15, -0.1) is 0 Å². The third-order valence-corrected chi connectivity index (χ3v) is 3.45. The first-order valence-electron chi connectivity index (χ1n) is 6.65. The van der Waals surface area contributed by atoms with Crippen molar-refractivity contribution in [1.82, 2.24) is 0 Å². The van der Waals surface area contributed by atoms with E-state index in [1.54, 1.807) is 6.08 Å². The van der Waals surface area contributed by atoms with Gasteiger partial charge < -0.3 is 10.1 Å². The molecule has 1 amide bonds. The lowest BCUT2D eigenvalue weighted by molar-refractivity contribution is -0.111. The predicted octanol–water partition coefficient (Wildman–Crippen LogP) is 4.34. The summed E-state index contributed by atoms with van der Waals surface area (Å²) in [5.41, 5.74) is 1.74. The molecule has 3 nitrogen and oxygen atoms in total. The van der Waals surface area contributed by atoms with E-state index in [9.17, 15) is 4.79 Å². The van der Waals surface area contributed by atoms with Gasteiger partial charge in [0.25, 0.3) is 0 Å². The number of nitrogens with one attached hydrogen (secondary N) is 1. The molecule has 21 heavy (non-hydrogen) atoms. The minimum absolute atomic E-state index is 0.148. The fourth-order valence-corrected chi connectivity index (χ4v) is 2.09. The first-order valence-corrected chi connectivity index (χ1v) is 7.73. The molecule has 0 saturated heterocycles. The van der Waals surface area contributed by atoms with Crippen LogP contribution in [-0.2, 0) is 4.79 Å². The summed E-state index contributed by atoms with van der Waals surface area (Å²) in [6, 6.07) is 15.3. The van der Waals surface area contributed by atoms with Crippen molar-refractivity contribution in [1.29, 1.82) is 0 Å². The van der Waals surface area contributed by atoms with E-state index in [4.69, 9.17) is 4.74 Å². The van der Waals surface area contributed by atoms with E-state index in [0.29, 0.717) is 6.61 Å². The molecular weight excluding hydrogens is 377 g/mol. The van der Waals surface area contributed by atoms with Crippen LogP contribution in [0.5, 0.6) is 5.75 Å². The molecule has 2 rings (SSSR count). The van der Waals surface area contributed by atoms with Gasteiger partial charge in [-0.1, -0.05) is 12.1 Å². The van der Waals surface area contributed by atoms with E-state index in [-0.39, 0.29) is 5.91 Å². The van der Waals surface area contributed by atoms with E-state index in [0.717, 1.165) is 20.6 Å². The van der Waals surface area contributed by atoms with Crippen LogP contribution in [0.25, 0.3) is 6.08 Å². The summed E-state index contributed by atoms with van der Waals surface area (Å²) in [5, 5.41) is 2.82. The summed E-state index contributed by atoms with van der Waals surface area (Å²) in [6.45, 7) is 2.59. The SMILES string of the molecule is CCOc1ccc(/C=C/C(=O)Nc2ccc(I)cc2)cc1. The van der Waals surface area contributed by atoms with Crippen LogP contribution in [0.4, 0.5) is 5.69 Å². The number of rotatable bonds is 5. The van der Waals surface area contributed by atoms with Crippen LogP contribution in [0.1, 0.15) is 12.5 Å². The van der Waals surface area contributed by atoms with Gasteiger partial charge in [-0.2, -0.15) is 0 Å². The molecule has 2 aromatic carbocycles. The smallest absolute Gasteiger partial charge is 0.248 e. The summed E-state index contributed by atoms with van der Waals surface area (Å²) in [6.07, 6.45) is 3.30. The molecule has 0 aliphatic carbocycles. The highest BCUT2D eigenvalue weighted by molar-refractivity contribution is 14.1. The van der Waals surface area contributed by atoms with Crippen molar-refractivity contribution in [2.24, 2.45) is 0 Å². The molecule has 0 atom stereocenters. The zero-order chi connectivity index (χ0) is 15.1. The minimum Gasteiger partial charge on any atom is -0.494 e. The number of amides is 1. The number of anilines is 1. The maximum absolute atomic E-state index is 11.8. The molecule has 0 spiro atoms. The molecule has 0 fully saturated rings. The highest BCUT2D eigenvalue weighted by Crippen LogP contribution is 2.14. The first-order chi connectivity index (χ1) is 10.2. The van der Waals surface area contributed by atoms with Crippen molar-refractivity contribution < 1.29 is 9.53 Å². The fourth-order valence-electron chi connectivity index (χ4n) is 1.73. The molecule has 0 saturated carbocycles. The Bertz CT molecular complexity index is 618. The molecule has 2 aromatic rings. The van der Waals surface area contributed by atoms with Crippen LogP contribution in [-0.4, -0.2) is 12.5 Å². The molecule has 0 aromatic heterocycles. The van der Waals surface area contributed by atoms with Gasteiger partial charge >= 0.3 is 0 Å². The molecule has 0 bridgehead atoms. The normalized spacial score (nSPS) is 10.6. The molecule has 0 aliphatic heterocycles. The van der Waals surface area contributed by atoms with Gasteiger partial charge in [0, 0.05) is 15.3 Å². The topological polar surface area (TPSA) is 38.3 Å². The van der Waals surface area contributed by atoms with Crippen molar-refractivity contribution in [3.05, 3.63) is 63.7 Å². The Labute approximate surface area is 138 Å². The summed E-state index contributed by atoms with van der Waals surface area (Å²) in [7, 11) is 0. The van der Waals surface area contributed by atoms with Crippen LogP contribution >= 0.6 is 22.6 Å². The third-order valence-electron chi connectivity index (χ3n) is 2.73. The second-order valence-electron chi connectivity index (χ2n) is 4.33. The van der Waals surface area contributed by atoms with Crippen LogP contribution in [0.2, 0.25) is 0 Å². The average Bonchev–Trinajstić information content (AvgIpc) is 2.49. The quantitative estimate of drug-likeness (QED) is 0.606. The summed E-state index contributed by atoms with van der Waals surface area (Å²) >= 11 is 2.23. The lowest BCUT2D eigenvalue weighted by Gasteiger charge is -2.03. The monoisotopic (exact) mass is 393 g/mol. The van der Waals surface area contributed by atoms with Gasteiger partial charge in [-0.05, 0) is 77.6 Å². The number of hydrogen-bond acceptors (Lipinski definition) is 2. The van der Waals surface area contributed by atoms with Gasteiger partial charge in [0.2, 0.25) is 5.91 Å². The fraction of sp³-hybridized carbons (Fsp3) is 0.118. The Morgan fingerprint density at radius 2 is 1.81 bits per heavy atom. The highest BCUT2D eigenvalue weighted by atomic mass is 127. The maximum atomic E-state index is 11.8. The molecule has 1 N–H and O–H groups in total. The highest BCUT2D eigenvalue weighted by Gasteiger charge is 1.98. The van der Waals surface area contributed by atoms with Gasteiger partial charge in [0.15, 0.2) is 0 Å². The first kappa shape index (κ1) is 15.6. The second kappa shape index (κ2) is 7.83. The van der Waals surface area contributed by atoms with Crippen LogP contribution < -0.4 is 10.1 Å². The molecular formula is C17H16INO2. The van der Waals surface area contributed by atoms with E-state index >= 15 is 0 Å².